The van der Waals surface area contributed by atoms with E-state index in [1.807, 2.05) is 0 Å². The molecule has 0 aromatic carbocycles. The number of likely N-dealkylation sites (tertiary alicyclic amines) is 1. The second kappa shape index (κ2) is 5.31. The SMILES string of the molecule is CCC1CCN(C2CCNCC2C)CC1. The second-order valence-electron chi connectivity index (χ2n) is 5.43. The third kappa shape index (κ3) is 2.73. The molecular weight excluding hydrogens is 184 g/mol. The summed E-state index contributed by atoms with van der Waals surface area (Å²) in [6, 6.07) is 0.865. The molecule has 2 heteroatoms. The fourth-order valence-electron chi connectivity index (χ4n) is 3.24. The highest BCUT2D eigenvalue weighted by molar-refractivity contribution is 4.85. The molecular formula is C13H26N2. The number of hydrogen-bond donors (Lipinski definition) is 1. The van der Waals surface area contributed by atoms with Gasteiger partial charge in [0.1, 0.15) is 0 Å². The van der Waals surface area contributed by atoms with Gasteiger partial charge in [0, 0.05) is 6.04 Å². The average Bonchev–Trinajstić information content (AvgIpc) is 2.30. The molecule has 2 unspecified atom stereocenters. The second-order valence-corrected chi connectivity index (χ2v) is 5.43. The Bertz CT molecular complexity index is 185. The molecule has 2 rings (SSSR count). The third-order valence-electron chi connectivity index (χ3n) is 4.44. The molecule has 0 aromatic rings. The van der Waals surface area contributed by atoms with Crippen molar-refractivity contribution in [2.75, 3.05) is 26.2 Å². The Morgan fingerprint density at radius 1 is 1.20 bits per heavy atom. The first kappa shape index (κ1) is 11.4. The molecule has 2 fully saturated rings. The maximum absolute atomic E-state index is 3.50. The minimum absolute atomic E-state index is 0.844. The molecule has 0 amide bonds. The van der Waals surface area contributed by atoms with E-state index in [9.17, 15) is 0 Å². The average molecular weight is 210 g/mol. The molecule has 15 heavy (non-hydrogen) atoms. The van der Waals surface area contributed by atoms with Crippen molar-refractivity contribution in [1.29, 1.82) is 0 Å². The van der Waals surface area contributed by atoms with Crippen LogP contribution in [0.25, 0.3) is 0 Å². The van der Waals surface area contributed by atoms with E-state index in [0.717, 1.165) is 17.9 Å². The fourth-order valence-corrected chi connectivity index (χ4v) is 3.24. The number of nitrogens with one attached hydrogen (secondary N) is 1. The van der Waals surface area contributed by atoms with Crippen molar-refractivity contribution >= 4 is 0 Å². The van der Waals surface area contributed by atoms with Gasteiger partial charge in [0.05, 0.1) is 0 Å². The van der Waals surface area contributed by atoms with Crippen molar-refractivity contribution < 1.29 is 0 Å². The monoisotopic (exact) mass is 210 g/mol. The van der Waals surface area contributed by atoms with Gasteiger partial charge in [-0.2, -0.15) is 0 Å². The van der Waals surface area contributed by atoms with Gasteiger partial charge in [-0.05, 0) is 57.3 Å². The predicted octanol–water partition coefficient (Wildman–Crippen LogP) is 2.11. The van der Waals surface area contributed by atoms with Crippen molar-refractivity contribution in [3.05, 3.63) is 0 Å². The summed E-state index contributed by atoms with van der Waals surface area (Å²) in [7, 11) is 0. The predicted molar refractivity (Wildman–Crippen MR) is 65.0 cm³/mol. The lowest BCUT2D eigenvalue weighted by Crippen LogP contribution is -2.51. The molecule has 0 spiro atoms. The van der Waals surface area contributed by atoms with E-state index in [4.69, 9.17) is 0 Å². The van der Waals surface area contributed by atoms with Gasteiger partial charge in [-0.15, -0.1) is 0 Å². The Morgan fingerprint density at radius 2 is 1.93 bits per heavy atom. The van der Waals surface area contributed by atoms with E-state index in [1.54, 1.807) is 0 Å². The van der Waals surface area contributed by atoms with Crippen molar-refractivity contribution in [3.63, 3.8) is 0 Å². The Labute approximate surface area is 94.4 Å². The minimum atomic E-state index is 0.844. The van der Waals surface area contributed by atoms with Gasteiger partial charge in [0.2, 0.25) is 0 Å². The maximum Gasteiger partial charge on any atom is 0.0145 e. The molecule has 1 N–H and O–H groups in total. The number of rotatable bonds is 2. The molecule has 0 saturated carbocycles. The molecule has 2 aliphatic rings. The first-order valence-corrected chi connectivity index (χ1v) is 6.76. The van der Waals surface area contributed by atoms with Gasteiger partial charge in [-0.3, -0.25) is 0 Å². The van der Waals surface area contributed by atoms with Crippen LogP contribution >= 0.6 is 0 Å². The molecule has 2 aliphatic heterocycles. The van der Waals surface area contributed by atoms with Gasteiger partial charge >= 0.3 is 0 Å². The van der Waals surface area contributed by atoms with Crippen molar-refractivity contribution in [2.45, 2.75) is 45.6 Å². The highest BCUT2D eigenvalue weighted by Crippen LogP contribution is 2.25. The molecule has 0 bridgehead atoms. The van der Waals surface area contributed by atoms with E-state index in [0.29, 0.717) is 0 Å². The number of hydrogen-bond acceptors (Lipinski definition) is 2. The summed E-state index contributed by atoms with van der Waals surface area (Å²) >= 11 is 0. The summed E-state index contributed by atoms with van der Waals surface area (Å²) < 4.78 is 0. The Morgan fingerprint density at radius 3 is 2.53 bits per heavy atom. The topological polar surface area (TPSA) is 15.3 Å². The highest BCUT2D eigenvalue weighted by atomic mass is 15.2. The van der Waals surface area contributed by atoms with Crippen LogP contribution in [0.3, 0.4) is 0 Å². The zero-order chi connectivity index (χ0) is 10.7. The Kier molecular flexibility index (Phi) is 4.04. The van der Waals surface area contributed by atoms with E-state index < -0.39 is 0 Å². The summed E-state index contributed by atoms with van der Waals surface area (Å²) in [5.41, 5.74) is 0. The van der Waals surface area contributed by atoms with Crippen molar-refractivity contribution in [3.8, 4) is 0 Å². The van der Waals surface area contributed by atoms with Gasteiger partial charge in [0.25, 0.3) is 0 Å². The Hall–Kier alpha value is -0.0800. The fraction of sp³-hybridized carbons (Fsp3) is 1.00. The highest BCUT2D eigenvalue weighted by Gasteiger charge is 2.29. The van der Waals surface area contributed by atoms with Gasteiger partial charge in [-0.25, -0.2) is 0 Å². The molecule has 2 atom stereocenters. The van der Waals surface area contributed by atoms with Gasteiger partial charge in [0.15, 0.2) is 0 Å². The summed E-state index contributed by atoms with van der Waals surface area (Å²) in [4.78, 5) is 2.76. The molecule has 2 saturated heterocycles. The van der Waals surface area contributed by atoms with E-state index >= 15 is 0 Å². The largest absolute Gasteiger partial charge is 0.316 e. The standard InChI is InChI=1S/C13H26N2/c1-3-12-5-8-15(9-6-12)13-4-7-14-10-11(13)2/h11-14H,3-10H2,1-2H3. The van der Waals surface area contributed by atoms with Crippen LogP contribution in [0.2, 0.25) is 0 Å². The lowest BCUT2D eigenvalue weighted by Gasteiger charge is -2.42. The normalized spacial score (nSPS) is 35.6. The van der Waals surface area contributed by atoms with Crippen LogP contribution in [0.15, 0.2) is 0 Å². The van der Waals surface area contributed by atoms with Crippen LogP contribution in [0.1, 0.15) is 39.5 Å². The minimum Gasteiger partial charge on any atom is -0.316 e. The first-order valence-electron chi connectivity index (χ1n) is 6.76. The molecule has 2 heterocycles. The first-order chi connectivity index (χ1) is 7.31. The van der Waals surface area contributed by atoms with Gasteiger partial charge in [-0.1, -0.05) is 20.3 Å². The van der Waals surface area contributed by atoms with Crippen LogP contribution < -0.4 is 5.32 Å². The molecule has 0 aromatic heterocycles. The maximum atomic E-state index is 3.50. The van der Waals surface area contributed by atoms with Crippen molar-refractivity contribution in [2.24, 2.45) is 11.8 Å². The van der Waals surface area contributed by atoms with Gasteiger partial charge < -0.3 is 10.2 Å². The Balaban J connectivity index is 1.83. The van der Waals surface area contributed by atoms with Crippen LogP contribution in [0.5, 0.6) is 0 Å². The smallest absolute Gasteiger partial charge is 0.0145 e. The quantitative estimate of drug-likeness (QED) is 0.751. The lowest BCUT2D eigenvalue weighted by molar-refractivity contribution is 0.0798. The zero-order valence-corrected chi connectivity index (χ0v) is 10.3. The summed E-state index contributed by atoms with van der Waals surface area (Å²) in [5.74, 6) is 1.86. The van der Waals surface area contributed by atoms with Crippen molar-refractivity contribution in [1.82, 2.24) is 10.2 Å². The summed E-state index contributed by atoms with van der Waals surface area (Å²) in [6.07, 6.45) is 5.62. The molecule has 0 aliphatic carbocycles. The molecule has 88 valence electrons. The van der Waals surface area contributed by atoms with Crippen LogP contribution in [-0.4, -0.2) is 37.1 Å². The number of piperidine rings is 2. The molecule has 2 nitrogen and oxygen atoms in total. The lowest BCUT2D eigenvalue weighted by atomic mass is 9.88. The van der Waals surface area contributed by atoms with E-state index in [-0.39, 0.29) is 0 Å². The van der Waals surface area contributed by atoms with E-state index in [2.05, 4.69) is 24.1 Å². The summed E-state index contributed by atoms with van der Waals surface area (Å²) in [6.45, 7) is 9.90. The third-order valence-corrected chi connectivity index (χ3v) is 4.44. The van der Waals surface area contributed by atoms with Crippen LogP contribution in [-0.2, 0) is 0 Å². The van der Waals surface area contributed by atoms with Crippen LogP contribution in [0.4, 0.5) is 0 Å². The molecule has 0 radical (unpaired) electrons. The van der Waals surface area contributed by atoms with Crippen LogP contribution in [0, 0.1) is 11.8 Å². The van der Waals surface area contributed by atoms with E-state index in [1.165, 1.54) is 51.9 Å². The zero-order valence-electron chi connectivity index (χ0n) is 10.3. The number of nitrogens with zero attached hydrogens (tertiary/aromatic N) is 1. The summed E-state index contributed by atoms with van der Waals surface area (Å²) in [5, 5.41) is 3.50.